The van der Waals surface area contributed by atoms with E-state index >= 15 is 0 Å². The summed E-state index contributed by atoms with van der Waals surface area (Å²) in [6.07, 6.45) is 8.27. The second-order valence-corrected chi connectivity index (χ2v) is 9.53. The Morgan fingerprint density at radius 3 is 2.77 bits per heavy atom. The van der Waals surface area contributed by atoms with E-state index in [1.54, 1.807) is 6.20 Å². The van der Waals surface area contributed by atoms with Gasteiger partial charge in [-0.25, -0.2) is 24.6 Å². The molecule has 0 aromatic carbocycles. The molecule has 1 fully saturated rings. The van der Waals surface area contributed by atoms with Gasteiger partial charge in [0, 0.05) is 46.3 Å². The first-order valence-electron chi connectivity index (χ1n) is 11.5. The summed E-state index contributed by atoms with van der Waals surface area (Å²) in [5.41, 5.74) is 9.01. The Bertz CT molecular complexity index is 1270. The maximum atomic E-state index is 13.6. The molecule has 186 valence electrons. The number of allylic oxidation sites excluding steroid dienone is 1. The molecule has 2 heterocycles. The maximum Gasteiger partial charge on any atom is 0.262 e. The number of nitrogens with two attached hydrogens (primary N) is 2. The Morgan fingerprint density at radius 1 is 1.31 bits per heavy atom. The third-order valence-corrected chi connectivity index (χ3v) is 6.87. The fraction of sp³-hybridized carbons (Fsp3) is 0.400. The number of nitrogens with zero attached hydrogens (tertiary/aromatic N) is 4. The number of fused-ring (bicyclic) bond motifs is 1. The highest BCUT2D eigenvalue weighted by Crippen LogP contribution is 2.45. The summed E-state index contributed by atoms with van der Waals surface area (Å²) in [6.45, 7) is 4.27. The second-order valence-electron chi connectivity index (χ2n) is 9.08. The fourth-order valence-electron chi connectivity index (χ4n) is 4.27. The molecule has 0 spiro atoms. The molecule has 7 nitrogen and oxygen atoms in total. The second kappa shape index (κ2) is 10.4. The van der Waals surface area contributed by atoms with Crippen LogP contribution in [0.25, 0.3) is 11.1 Å². The van der Waals surface area contributed by atoms with Crippen molar-refractivity contribution in [1.29, 1.82) is 0 Å². The monoisotopic (exact) mass is 501 g/mol. The van der Waals surface area contributed by atoms with Gasteiger partial charge in [0.15, 0.2) is 0 Å². The highest BCUT2D eigenvalue weighted by Gasteiger charge is 2.54. The lowest BCUT2D eigenvalue weighted by Crippen LogP contribution is -2.45. The van der Waals surface area contributed by atoms with Gasteiger partial charge >= 0.3 is 0 Å². The normalized spacial score (nSPS) is 22.2. The van der Waals surface area contributed by atoms with Gasteiger partial charge in [0.05, 0.1) is 11.4 Å². The summed E-state index contributed by atoms with van der Waals surface area (Å²) in [5, 5.41) is 6.81. The van der Waals surface area contributed by atoms with Crippen molar-refractivity contribution in [2.24, 2.45) is 11.6 Å². The molecule has 0 bridgehead atoms. The van der Waals surface area contributed by atoms with Crippen LogP contribution >= 0.6 is 11.6 Å². The highest BCUT2D eigenvalue weighted by atomic mass is 35.5. The minimum Gasteiger partial charge on any atom is -0.399 e. The summed E-state index contributed by atoms with van der Waals surface area (Å²) < 4.78 is 27.1. The number of pyridine rings is 1. The van der Waals surface area contributed by atoms with Gasteiger partial charge in [-0.05, 0) is 62.8 Å². The van der Waals surface area contributed by atoms with Crippen molar-refractivity contribution < 1.29 is 8.78 Å². The summed E-state index contributed by atoms with van der Waals surface area (Å²) in [4.78, 5) is 13.0. The summed E-state index contributed by atoms with van der Waals surface area (Å²) in [5.74, 6) is 6.04. The number of aryl methyl sites for hydroxylation is 2. The molecule has 1 saturated carbocycles. The van der Waals surface area contributed by atoms with Crippen molar-refractivity contribution in [1.82, 2.24) is 25.3 Å². The van der Waals surface area contributed by atoms with Crippen molar-refractivity contribution in [3.63, 3.8) is 0 Å². The van der Waals surface area contributed by atoms with Crippen molar-refractivity contribution in [2.75, 3.05) is 6.54 Å². The SMILES string of the molecule is Cc1ccc(C(NCC2=C\CC/C(Cl)=c3/ncnc/c3=C/2)/C(N)=C/N(N)C2(C(F)F)CC2)c(C)n1. The Morgan fingerprint density at radius 2 is 2.09 bits per heavy atom. The first kappa shape index (κ1) is 25.2. The zero-order valence-electron chi connectivity index (χ0n) is 19.8. The van der Waals surface area contributed by atoms with Crippen LogP contribution < -0.4 is 27.5 Å². The predicted molar refractivity (Wildman–Crippen MR) is 133 cm³/mol. The van der Waals surface area contributed by atoms with Crippen LogP contribution in [0.15, 0.2) is 48.2 Å². The van der Waals surface area contributed by atoms with E-state index in [0.29, 0.717) is 36.5 Å². The largest absolute Gasteiger partial charge is 0.399 e. The fourth-order valence-corrected chi connectivity index (χ4v) is 4.53. The molecule has 5 N–H and O–H groups in total. The lowest BCUT2D eigenvalue weighted by molar-refractivity contribution is 0.0304. The smallest absolute Gasteiger partial charge is 0.262 e. The molecule has 0 aliphatic heterocycles. The third kappa shape index (κ3) is 5.52. The number of nitrogens with one attached hydrogen (secondary N) is 1. The van der Waals surface area contributed by atoms with Crippen LogP contribution in [0.3, 0.4) is 0 Å². The van der Waals surface area contributed by atoms with Gasteiger partial charge in [0.1, 0.15) is 11.9 Å². The van der Waals surface area contributed by atoms with Crippen LogP contribution in [-0.4, -0.2) is 38.5 Å². The lowest BCUT2D eigenvalue weighted by atomic mass is 10.0. The molecular weight excluding hydrogens is 472 g/mol. The van der Waals surface area contributed by atoms with Crippen molar-refractivity contribution in [2.45, 2.75) is 57.5 Å². The van der Waals surface area contributed by atoms with E-state index in [2.05, 4.69) is 26.3 Å². The number of aromatic nitrogens is 3. The Kier molecular flexibility index (Phi) is 7.49. The van der Waals surface area contributed by atoms with E-state index in [1.807, 2.05) is 32.1 Å². The average Bonchev–Trinajstić information content (AvgIpc) is 3.61. The van der Waals surface area contributed by atoms with Gasteiger partial charge in [-0.15, -0.1) is 0 Å². The molecule has 1 unspecified atom stereocenters. The van der Waals surface area contributed by atoms with Crippen molar-refractivity contribution >= 4 is 22.7 Å². The zero-order valence-corrected chi connectivity index (χ0v) is 20.6. The average molecular weight is 502 g/mol. The Hall–Kier alpha value is -2.88. The maximum absolute atomic E-state index is 13.6. The molecular formula is C25H30ClF2N7. The van der Waals surface area contributed by atoms with E-state index in [9.17, 15) is 8.78 Å². The number of halogens is 3. The number of rotatable bonds is 8. The van der Waals surface area contributed by atoms with Gasteiger partial charge in [0.25, 0.3) is 6.43 Å². The summed E-state index contributed by atoms with van der Waals surface area (Å²) >= 11 is 6.42. The molecule has 1 atom stereocenters. The molecule has 10 heteroatoms. The zero-order chi connectivity index (χ0) is 25.2. The third-order valence-electron chi connectivity index (χ3n) is 6.50. The van der Waals surface area contributed by atoms with E-state index in [1.165, 1.54) is 12.5 Å². The van der Waals surface area contributed by atoms with Gasteiger partial charge < -0.3 is 16.1 Å². The minimum atomic E-state index is -2.55. The van der Waals surface area contributed by atoms with Crippen molar-refractivity contribution in [3.05, 3.63) is 75.7 Å². The van der Waals surface area contributed by atoms with Crippen LogP contribution in [0.2, 0.25) is 0 Å². The van der Waals surface area contributed by atoms with Crippen LogP contribution in [0.1, 0.15) is 48.7 Å². The highest BCUT2D eigenvalue weighted by molar-refractivity contribution is 6.44. The number of alkyl halides is 2. The van der Waals surface area contributed by atoms with Crippen LogP contribution in [0.5, 0.6) is 0 Å². The Balaban J connectivity index is 1.65. The quantitative estimate of drug-likeness (QED) is 0.377. The van der Waals surface area contributed by atoms with E-state index in [4.69, 9.17) is 23.2 Å². The van der Waals surface area contributed by atoms with E-state index in [-0.39, 0.29) is 0 Å². The molecule has 2 aliphatic rings. The molecule has 2 aromatic rings. The van der Waals surface area contributed by atoms with Gasteiger partial charge in [0.2, 0.25) is 0 Å². The molecule has 35 heavy (non-hydrogen) atoms. The summed E-state index contributed by atoms with van der Waals surface area (Å²) in [7, 11) is 0. The minimum absolute atomic E-state index is 0.330. The first-order valence-corrected chi connectivity index (χ1v) is 11.9. The van der Waals surface area contributed by atoms with Gasteiger partial charge in [-0.1, -0.05) is 23.7 Å². The number of hydrogen-bond acceptors (Lipinski definition) is 7. The standard InChI is InChI=1S/C25H30ClF2N7/c1-15-6-7-19(16(2)34-15)23(21(29)13-35(30)25(8-9-25)24(27)28)32-11-17-4-3-5-20(26)22-18(10-17)12-31-14-33-22/h4,6-7,10,12-14,23-24,32H,3,5,8-9,11,29-30H2,1-2H3/b17-4+,18-10-,21-13-,22-20-. The van der Waals surface area contributed by atoms with Crippen molar-refractivity contribution in [3.8, 4) is 0 Å². The molecule has 2 aliphatic carbocycles. The Labute approximate surface area is 208 Å². The lowest BCUT2D eigenvalue weighted by Gasteiger charge is -2.28. The van der Waals surface area contributed by atoms with Crippen LogP contribution in [0.4, 0.5) is 8.78 Å². The van der Waals surface area contributed by atoms with E-state index < -0.39 is 18.0 Å². The van der Waals surface area contributed by atoms with Crippen LogP contribution in [-0.2, 0) is 0 Å². The molecule has 0 radical (unpaired) electrons. The topological polar surface area (TPSA) is 106 Å². The molecule has 4 rings (SSSR count). The first-order chi connectivity index (χ1) is 16.7. The molecule has 0 saturated heterocycles. The summed E-state index contributed by atoms with van der Waals surface area (Å²) in [6, 6.07) is 3.37. The van der Waals surface area contributed by atoms with Gasteiger partial charge in [-0.2, -0.15) is 0 Å². The van der Waals surface area contributed by atoms with Gasteiger partial charge in [-0.3, -0.25) is 4.98 Å². The van der Waals surface area contributed by atoms with E-state index in [0.717, 1.165) is 44.5 Å². The van der Waals surface area contributed by atoms with Crippen LogP contribution in [0, 0.1) is 13.8 Å². The number of hydrogen-bond donors (Lipinski definition) is 3. The molecule has 2 aromatic heterocycles. The predicted octanol–water partition coefficient (Wildman–Crippen LogP) is 2.44. The number of hydrazine groups is 1. The molecule has 0 amide bonds.